The van der Waals surface area contributed by atoms with Gasteiger partial charge in [0, 0.05) is 11.8 Å². The van der Waals surface area contributed by atoms with Crippen LogP contribution >= 0.6 is 0 Å². The number of carbonyl (C=O) groups excluding carboxylic acids is 2. The van der Waals surface area contributed by atoms with E-state index in [1.165, 1.54) is 14.0 Å². The van der Waals surface area contributed by atoms with Crippen LogP contribution in [-0.2, 0) is 4.79 Å². The molecule has 0 heterocycles. The number of methoxy groups -OCH3 is 1. The molecule has 0 aliphatic carbocycles. The van der Waals surface area contributed by atoms with Gasteiger partial charge in [-0.2, -0.15) is 0 Å². The summed E-state index contributed by atoms with van der Waals surface area (Å²) in [5.41, 5.74) is 1.10. The first kappa shape index (κ1) is 15.6. The maximum absolute atomic E-state index is 11.9. The SMILES string of the molecule is COc1ccc(C(C)=O)c(OCC(=O)Nc2ccccc2)c1. The van der Waals surface area contributed by atoms with E-state index in [4.69, 9.17) is 9.47 Å². The molecule has 0 atom stereocenters. The van der Waals surface area contributed by atoms with Crippen molar-refractivity contribution < 1.29 is 19.1 Å². The highest BCUT2D eigenvalue weighted by molar-refractivity contribution is 5.97. The van der Waals surface area contributed by atoms with Gasteiger partial charge >= 0.3 is 0 Å². The summed E-state index contributed by atoms with van der Waals surface area (Å²) in [4.78, 5) is 23.4. The maximum Gasteiger partial charge on any atom is 0.262 e. The first-order chi connectivity index (χ1) is 10.6. The molecule has 114 valence electrons. The van der Waals surface area contributed by atoms with Gasteiger partial charge in [0.25, 0.3) is 5.91 Å². The van der Waals surface area contributed by atoms with Crippen LogP contribution in [0.5, 0.6) is 11.5 Å². The van der Waals surface area contributed by atoms with Crippen LogP contribution in [0.1, 0.15) is 17.3 Å². The van der Waals surface area contributed by atoms with Crippen LogP contribution in [0, 0.1) is 0 Å². The number of ether oxygens (including phenoxy) is 2. The van der Waals surface area contributed by atoms with Crippen LogP contribution in [0.3, 0.4) is 0 Å². The Morgan fingerprint density at radius 2 is 1.82 bits per heavy atom. The minimum atomic E-state index is -0.302. The highest BCUT2D eigenvalue weighted by Crippen LogP contribution is 2.25. The third kappa shape index (κ3) is 4.09. The third-order valence-corrected chi connectivity index (χ3v) is 2.98. The second kappa shape index (κ2) is 7.26. The summed E-state index contributed by atoms with van der Waals surface area (Å²) < 4.78 is 10.6. The molecule has 2 rings (SSSR count). The molecule has 0 fully saturated rings. The Balaban J connectivity index is 2.04. The second-order valence-corrected chi connectivity index (χ2v) is 4.62. The van der Waals surface area contributed by atoms with E-state index in [2.05, 4.69) is 5.32 Å². The topological polar surface area (TPSA) is 64.6 Å². The normalized spacial score (nSPS) is 9.91. The van der Waals surface area contributed by atoms with E-state index in [-0.39, 0.29) is 18.3 Å². The van der Waals surface area contributed by atoms with Gasteiger partial charge in [0.2, 0.25) is 0 Å². The Morgan fingerprint density at radius 3 is 2.45 bits per heavy atom. The fraction of sp³-hybridized carbons (Fsp3) is 0.176. The number of para-hydroxylation sites is 1. The van der Waals surface area contributed by atoms with Gasteiger partial charge in [-0.15, -0.1) is 0 Å². The number of rotatable bonds is 6. The lowest BCUT2D eigenvalue weighted by Gasteiger charge is -2.11. The summed E-state index contributed by atoms with van der Waals surface area (Å²) in [7, 11) is 1.52. The molecule has 1 amide bonds. The predicted octanol–water partition coefficient (Wildman–Crippen LogP) is 2.92. The zero-order valence-corrected chi connectivity index (χ0v) is 12.5. The number of carbonyl (C=O) groups is 2. The number of amides is 1. The Morgan fingerprint density at radius 1 is 1.09 bits per heavy atom. The fourth-order valence-electron chi connectivity index (χ4n) is 1.90. The number of benzene rings is 2. The predicted molar refractivity (Wildman–Crippen MR) is 83.6 cm³/mol. The molecule has 2 aromatic carbocycles. The van der Waals surface area contributed by atoms with Gasteiger partial charge in [-0.05, 0) is 31.2 Å². The molecule has 0 unspecified atom stereocenters. The Hall–Kier alpha value is -2.82. The first-order valence-electron chi connectivity index (χ1n) is 6.77. The number of hydrogen-bond acceptors (Lipinski definition) is 4. The van der Waals surface area contributed by atoms with Crippen molar-refractivity contribution in [1.29, 1.82) is 0 Å². The lowest BCUT2D eigenvalue weighted by Crippen LogP contribution is -2.20. The van der Waals surface area contributed by atoms with Crippen LogP contribution in [0.15, 0.2) is 48.5 Å². The summed E-state index contributed by atoms with van der Waals surface area (Å²) in [5.74, 6) is 0.447. The number of hydrogen-bond donors (Lipinski definition) is 1. The Kier molecular flexibility index (Phi) is 5.14. The molecule has 2 aromatic rings. The van der Waals surface area contributed by atoms with Crippen LogP contribution in [-0.4, -0.2) is 25.4 Å². The van der Waals surface area contributed by atoms with E-state index in [1.54, 1.807) is 30.3 Å². The Bertz CT molecular complexity index is 668. The van der Waals surface area contributed by atoms with Crippen LogP contribution in [0.2, 0.25) is 0 Å². The van der Waals surface area contributed by atoms with E-state index in [1.807, 2.05) is 18.2 Å². The van der Waals surface area contributed by atoms with Crippen molar-refractivity contribution in [3.8, 4) is 11.5 Å². The van der Waals surface area contributed by atoms with E-state index in [0.717, 1.165) is 0 Å². The molecule has 0 spiro atoms. The molecule has 5 heteroatoms. The average molecular weight is 299 g/mol. The van der Waals surface area contributed by atoms with Crippen molar-refractivity contribution in [2.45, 2.75) is 6.92 Å². The van der Waals surface area contributed by atoms with Crippen molar-refractivity contribution in [3.63, 3.8) is 0 Å². The van der Waals surface area contributed by atoms with Crippen LogP contribution in [0.25, 0.3) is 0 Å². The second-order valence-electron chi connectivity index (χ2n) is 4.62. The lowest BCUT2D eigenvalue weighted by molar-refractivity contribution is -0.118. The zero-order chi connectivity index (χ0) is 15.9. The standard InChI is InChI=1S/C17H17NO4/c1-12(19)15-9-8-14(21-2)10-16(15)22-11-17(20)18-13-6-4-3-5-7-13/h3-10H,11H2,1-2H3,(H,18,20). The molecule has 0 bridgehead atoms. The van der Waals surface area contributed by atoms with Gasteiger partial charge < -0.3 is 14.8 Å². The lowest BCUT2D eigenvalue weighted by atomic mass is 10.1. The van der Waals surface area contributed by atoms with E-state index < -0.39 is 0 Å². The smallest absolute Gasteiger partial charge is 0.262 e. The summed E-state index contributed by atoms with van der Waals surface area (Å²) in [6, 6.07) is 14.0. The van der Waals surface area contributed by atoms with E-state index in [0.29, 0.717) is 22.7 Å². The highest BCUT2D eigenvalue weighted by atomic mass is 16.5. The number of Topliss-reactive ketones (excluding diaryl/α,β-unsaturated/α-hetero) is 1. The van der Waals surface area contributed by atoms with Gasteiger partial charge in [0.05, 0.1) is 12.7 Å². The molecule has 22 heavy (non-hydrogen) atoms. The molecule has 0 saturated heterocycles. The van der Waals surface area contributed by atoms with E-state index >= 15 is 0 Å². The van der Waals surface area contributed by atoms with Gasteiger partial charge in [0.15, 0.2) is 12.4 Å². The third-order valence-electron chi connectivity index (χ3n) is 2.98. The van der Waals surface area contributed by atoms with Gasteiger partial charge in [0.1, 0.15) is 11.5 Å². The molecule has 1 N–H and O–H groups in total. The highest BCUT2D eigenvalue weighted by Gasteiger charge is 2.12. The van der Waals surface area contributed by atoms with Crippen LogP contribution < -0.4 is 14.8 Å². The maximum atomic E-state index is 11.9. The summed E-state index contributed by atoms with van der Waals surface area (Å²) in [6.45, 7) is 1.25. The summed E-state index contributed by atoms with van der Waals surface area (Å²) in [5, 5.41) is 2.71. The largest absolute Gasteiger partial charge is 0.497 e. The molecular formula is C17H17NO4. The van der Waals surface area contributed by atoms with Crippen molar-refractivity contribution in [2.75, 3.05) is 19.0 Å². The molecule has 0 aliphatic heterocycles. The van der Waals surface area contributed by atoms with Gasteiger partial charge in [-0.25, -0.2) is 0 Å². The number of nitrogens with one attached hydrogen (secondary N) is 1. The van der Waals surface area contributed by atoms with Gasteiger partial charge in [-0.1, -0.05) is 18.2 Å². The molecular weight excluding hydrogens is 282 g/mol. The van der Waals surface area contributed by atoms with Crippen molar-refractivity contribution >= 4 is 17.4 Å². The molecule has 0 radical (unpaired) electrons. The molecule has 5 nitrogen and oxygen atoms in total. The number of anilines is 1. The molecule has 0 aliphatic rings. The summed E-state index contributed by atoms with van der Waals surface area (Å²) >= 11 is 0. The van der Waals surface area contributed by atoms with Crippen LogP contribution in [0.4, 0.5) is 5.69 Å². The first-order valence-corrected chi connectivity index (χ1v) is 6.77. The fourth-order valence-corrected chi connectivity index (χ4v) is 1.90. The molecule has 0 aromatic heterocycles. The molecule has 0 saturated carbocycles. The van der Waals surface area contributed by atoms with Crippen molar-refractivity contribution in [2.24, 2.45) is 0 Å². The quantitative estimate of drug-likeness (QED) is 0.833. The summed E-state index contributed by atoms with van der Waals surface area (Å²) in [6.07, 6.45) is 0. The average Bonchev–Trinajstić information content (AvgIpc) is 2.53. The zero-order valence-electron chi connectivity index (χ0n) is 12.5. The minimum absolute atomic E-state index is 0.138. The van der Waals surface area contributed by atoms with Gasteiger partial charge in [-0.3, -0.25) is 9.59 Å². The Labute approximate surface area is 128 Å². The monoisotopic (exact) mass is 299 g/mol. The number of ketones is 1. The van der Waals surface area contributed by atoms with E-state index in [9.17, 15) is 9.59 Å². The van der Waals surface area contributed by atoms with Crippen molar-refractivity contribution in [3.05, 3.63) is 54.1 Å². The minimum Gasteiger partial charge on any atom is -0.497 e. The van der Waals surface area contributed by atoms with Crippen molar-refractivity contribution in [1.82, 2.24) is 0 Å².